The van der Waals surface area contributed by atoms with Gasteiger partial charge in [0.05, 0.1) is 0 Å². The molecular formula is C38H50N4O6. The van der Waals surface area contributed by atoms with E-state index in [-0.39, 0.29) is 35.9 Å². The van der Waals surface area contributed by atoms with Crippen LogP contribution in [-0.4, -0.2) is 61.5 Å². The van der Waals surface area contributed by atoms with Crippen molar-refractivity contribution in [3.63, 3.8) is 0 Å². The summed E-state index contributed by atoms with van der Waals surface area (Å²) in [6.07, 6.45) is 10.8. The van der Waals surface area contributed by atoms with Gasteiger partial charge < -0.3 is 29.5 Å². The van der Waals surface area contributed by atoms with Crippen molar-refractivity contribution in [1.82, 2.24) is 0 Å². The molecule has 0 fully saturated rings. The summed E-state index contributed by atoms with van der Waals surface area (Å²) < 4.78 is 10.2. The first kappa shape index (κ1) is 39.2. The highest BCUT2D eigenvalue weighted by atomic mass is 16.6. The van der Waals surface area contributed by atoms with Crippen molar-refractivity contribution in [1.29, 1.82) is 10.5 Å². The topological polar surface area (TPSA) is 147 Å². The molecule has 10 nitrogen and oxygen atoms in total. The average Bonchev–Trinajstić information content (AvgIpc) is 3.09. The Morgan fingerprint density at radius 2 is 0.979 bits per heavy atom. The van der Waals surface area contributed by atoms with E-state index in [0.29, 0.717) is 11.1 Å². The van der Waals surface area contributed by atoms with E-state index >= 15 is 0 Å². The summed E-state index contributed by atoms with van der Waals surface area (Å²) in [6, 6.07) is 13.8. The number of carbonyl (C=O) groups excluding carboxylic acids is 2. The zero-order valence-electron chi connectivity index (χ0n) is 28.8. The molecule has 0 saturated carbocycles. The second-order valence-electron chi connectivity index (χ2n) is 11.5. The highest BCUT2D eigenvalue weighted by molar-refractivity contribution is 5.99. The van der Waals surface area contributed by atoms with Crippen molar-refractivity contribution in [2.24, 2.45) is 0 Å². The molecular weight excluding hydrogens is 608 g/mol. The SMILES string of the molecule is CCCCN(CCCC)c1ccc(C=C(C#N)C(=O)OCCOC(=O)C(C#N)=Cc2ccc(N(CCCC)CCCC)cc2O)c(O)c1. The fraction of sp³-hybridized carbons (Fsp3) is 0.474. The van der Waals surface area contributed by atoms with E-state index in [9.17, 15) is 30.3 Å². The zero-order chi connectivity index (χ0) is 35.3. The number of hydrogen-bond donors (Lipinski definition) is 2. The Balaban J connectivity index is 2.01. The van der Waals surface area contributed by atoms with E-state index in [4.69, 9.17) is 9.47 Å². The van der Waals surface area contributed by atoms with Gasteiger partial charge in [-0.2, -0.15) is 10.5 Å². The molecule has 0 heterocycles. The molecule has 0 aliphatic heterocycles. The number of nitrogens with zero attached hydrogens (tertiary/aromatic N) is 4. The average molecular weight is 659 g/mol. The van der Waals surface area contributed by atoms with Crippen LogP contribution in [0.3, 0.4) is 0 Å². The lowest BCUT2D eigenvalue weighted by Gasteiger charge is -2.25. The number of ether oxygens (including phenoxy) is 2. The Morgan fingerprint density at radius 3 is 1.25 bits per heavy atom. The van der Waals surface area contributed by atoms with Gasteiger partial charge in [0.15, 0.2) is 0 Å². The number of anilines is 2. The van der Waals surface area contributed by atoms with Crippen molar-refractivity contribution >= 4 is 35.5 Å². The number of benzene rings is 2. The van der Waals surface area contributed by atoms with Crippen molar-refractivity contribution in [3.8, 4) is 23.6 Å². The van der Waals surface area contributed by atoms with Gasteiger partial charge in [-0.15, -0.1) is 0 Å². The Kier molecular flexibility index (Phi) is 17.8. The molecule has 2 aromatic rings. The van der Waals surface area contributed by atoms with E-state index in [1.807, 2.05) is 12.1 Å². The second-order valence-corrected chi connectivity index (χ2v) is 11.5. The number of aromatic hydroxyl groups is 2. The van der Waals surface area contributed by atoms with Crippen LogP contribution in [0.5, 0.6) is 11.5 Å². The zero-order valence-corrected chi connectivity index (χ0v) is 28.8. The molecule has 0 radical (unpaired) electrons. The Hall–Kier alpha value is -4.96. The monoisotopic (exact) mass is 658 g/mol. The molecule has 0 amide bonds. The van der Waals surface area contributed by atoms with Crippen LogP contribution in [0.25, 0.3) is 12.2 Å². The number of phenols is 2. The number of carbonyl (C=O) groups is 2. The van der Waals surface area contributed by atoms with Crippen molar-refractivity contribution in [2.45, 2.75) is 79.1 Å². The molecule has 2 rings (SSSR count). The smallest absolute Gasteiger partial charge is 0.349 e. The maximum Gasteiger partial charge on any atom is 0.349 e. The third-order valence-corrected chi connectivity index (χ3v) is 7.71. The standard InChI is InChI=1S/C38H50N4O6/c1-5-9-17-41(18-10-6-2)33-15-13-29(35(43)25-33)23-31(27-39)37(45)47-21-22-48-38(46)32(28-40)24-30-14-16-34(26-36(30)44)42(19-11-7-3)20-12-8-4/h13-16,23-26,43-44H,5-12,17-22H2,1-4H3. The maximum atomic E-state index is 12.6. The van der Waals surface area contributed by atoms with Gasteiger partial charge in [0.25, 0.3) is 0 Å². The quantitative estimate of drug-likeness (QED) is 0.0598. The first-order valence-corrected chi connectivity index (χ1v) is 17.0. The summed E-state index contributed by atoms with van der Waals surface area (Å²) >= 11 is 0. The minimum atomic E-state index is -0.947. The van der Waals surface area contributed by atoms with Crippen molar-refractivity contribution < 1.29 is 29.3 Å². The van der Waals surface area contributed by atoms with Crippen LogP contribution >= 0.6 is 0 Å². The van der Waals surface area contributed by atoms with Crippen LogP contribution in [0.15, 0.2) is 47.5 Å². The molecule has 0 spiro atoms. The molecule has 0 unspecified atom stereocenters. The second kappa shape index (κ2) is 21.8. The summed E-state index contributed by atoms with van der Waals surface area (Å²) in [6.45, 7) is 11.2. The third kappa shape index (κ3) is 12.7. The molecule has 0 bridgehead atoms. The van der Waals surface area contributed by atoms with Crippen LogP contribution in [-0.2, 0) is 19.1 Å². The van der Waals surface area contributed by atoms with E-state index in [0.717, 1.165) is 88.9 Å². The Labute approximate surface area is 285 Å². The molecule has 0 aromatic heterocycles. The number of unbranched alkanes of at least 4 members (excludes halogenated alkanes) is 4. The molecule has 0 saturated heterocycles. The molecule has 258 valence electrons. The van der Waals surface area contributed by atoms with Gasteiger partial charge in [0.2, 0.25) is 0 Å². The predicted octanol–water partition coefficient (Wildman–Crippen LogP) is 7.51. The molecule has 2 N–H and O–H groups in total. The molecule has 0 aliphatic rings. The van der Waals surface area contributed by atoms with E-state index in [1.54, 1.807) is 36.4 Å². The highest BCUT2D eigenvalue weighted by Gasteiger charge is 2.16. The highest BCUT2D eigenvalue weighted by Crippen LogP contribution is 2.29. The summed E-state index contributed by atoms with van der Waals surface area (Å²) in [4.78, 5) is 29.6. The summed E-state index contributed by atoms with van der Waals surface area (Å²) in [5.41, 5.74) is 1.64. The Morgan fingerprint density at radius 1 is 0.646 bits per heavy atom. The van der Waals surface area contributed by atoms with Gasteiger partial charge in [-0.1, -0.05) is 53.4 Å². The number of hydrogen-bond acceptors (Lipinski definition) is 10. The van der Waals surface area contributed by atoms with Gasteiger partial charge in [-0.05, 0) is 62.1 Å². The first-order chi connectivity index (χ1) is 23.2. The molecule has 10 heteroatoms. The van der Waals surface area contributed by atoms with E-state index in [1.165, 1.54) is 12.2 Å². The normalized spacial score (nSPS) is 11.4. The lowest BCUT2D eigenvalue weighted by atomic mass is 10.1. The van der Waals surface area contributed by atoms with Crippen LogP contribution in [0.2, 0.25) is 0 Å². The minimum Gasteiger partial charge on any atom is -0.507 e. The summed E-state index contributed by atoms with van der Waals surface area (Å²) in [7, 11) is 0. The van der Waals surface area contributed by atoms with Gasteiger partial charge in [-0.3, -0.25) is 0 Å². The van der Waals surface area contributed by atoms with Crippen molar-refractivity contribution in [2.75, 3.05) is 49.2 Å². The minimum absolute atomic E-state index is 0.0678. The fourth-order valence-corrected chi connectivity index (χ4v) is 4.85. The van der Waals surface area contributed by atoms with Gasteiger partial charge in [-0.25, -0.2) is 9.59 Å². The van der Waals surface area contributed by atoms with Gasteiger partial charge in [0.1, 0.15) is 48.0 Å². The van der Waals surface area contributed by atoms with Crippen LogP contribution in [0, 0.1) is 22.7 Å². The lowest BCUT2D eigenvalue weighted by molar-refractivity contribution is -0.146. The fourth-order valence-electron chi connectivity index (χ4n) is 4.85. The predicted molar refractivity (Wildman–Crippen MR) is 189 cm³/mol. The molecule has 48 heavy (non-hydrogen) atoms. The molecule has 2 aromatic carbocycles. The number of nitriles is 2. The third-order valence-electron chi connectivity index (χ3n) is 7.71. The summed E-state index contributed by atoms with van der Waals surface area (Å²) in [5.74, 6) is -2.03. The van der Waals surface area contributed by atoms with E-state index < -0.39 is 11.9 Å². The Bertz CT molecular complexity index is 1360. The number of phenolic OH excluding ortho intramolecular Hbond substituents is 2. The number of rotatable bonds is 21. The van der Waals surface area contributed by atoms with E-state index in [2.05, 4.69) is 37.5 Å². The molecule has 0 aliphatic carbocycles. The van der Waals surface area contributed by atoms with Gasteiger partial charge >= 0.3 is 11.9 Å². The number of esters is 2. The first-order valence-electron chi connectivity index (χ1n) is 17.0. The lowest BCUT2D eigenvalue weighted by Crippen LogP contribution is -2.25. The van der Waals surface area contributed by atoms with Gasteiger partial charge in [0, 0.05) is 60.8 Å². The van der Waals surface area contributed by atoms with Crippen molar-refractivity contribution in [3.05, 3.63) is 58.7 Å². The van der Waals surface area contributed by atoms with Crippen LogP contribution < -0.4 is 9.80 Å². The van der Waals surface area contributed by atoms with Crippen LogP contribution in [0.4, 0.5) is 11.4 Å². The van der Waals surface area contributed by atoms with Crippen LogP contribution in [0.1, 0.15) is 90.2 Å². The maximum absolute atomic E-state index is 12.6. The summed E-state index contributed by atoms with van der Waals surface area (Å²) in [5, 5.41) is 40.4. The largest absolute Gasteiger partial charge is 0.507 e. The molecule has 0 atom stereocenters.